The molecule has 0 radical (unpaired) electrons. The van der Waals surface area contributed by atoms with Crippen LogP contribution in [0.1, 0.15) is 18.9 Å². The molecule has 0 fully saturated rings. The van der Waals surface area contributed by atoms with Crippen molar-refractivity contribution >= 4 is 17.6 Å². The molecule has 0 atom stereocenters. The van der Waals surface area contributed by atoms with Crippen molar-refractivity contribution in [1.29, 1.82) is 0 Å². The van der Waals surface area contributed by atoms with Crippen molar-refractivity contribution in [2.75, 3.05) is 18.1 Å². The number of benzene rings is 1. The summed E-state index contributed by atoms with van der Waals surface area (Å²) in [5.74, 6) is 0.978. The summed E-state index contributed by atoms with van der Waals surface area (Å²) in [6.45, 7) is 2.17. The van der Waals surface area contributed by atoms with Crippen LogP contribution in [0.2, 0.25) is 0 Å². The number of nitrogens with one attached hydrogen (secondary N) is 1. The predicted octanol–water partition coefficient (Wildman–Crippen LogP) is 3.34. The summed E-state index contributed by atoms with van der Waals surface area (Å²) in [5.41, 5.74) is 2.37. The first kappa shape index (κ1) is 11.2. The maximum atomic E-state index is 5.34. The van der Waals surface area contributed by atoms with E-state index in [1.54, 1.807) is 19.1 Å². The minimum atomic E-state index is 0.978. The van der Waals surface area contributed by atoms with Crippen molar-refractivity contribution < 1.29 is 4.74 Å². The standard InChI is InChI=1S/C11H17NOS/c1-4-5-9-6-7-10(12-14-3)8-11(9)13-2/h6-8,12H,4-5H2,1-3H3. The lowest BCUT2D eigenvalue weighted by molar-refractivity contribution is 0.409. The lowest BCUT2D eigenvalue weighted by Gasteiger charge is -2.10. The highest BCUT2D eigenvalue weighted by atomic mass is 32.2. The zero-order valence-corrected chi connectivity index (χ0v) is 9.78. The maximum absolute atomic E-state index is 5.34. The largest absolute Gasteiger partial charge is 0.496 e. The van der Waals surface area contributed by atoms with Gasteiger partial charge in [0.15, 0.2) is 0 Å². The maximum Gasteiger partial charge on any atom is 0.124 e. The van der Waals surface area contributed by atoms with Gasteiger partial charge in [-0.2, -0.15) is 0 Å². The number of anilines is 1. The van der Waals surface area contributed by atoms with E-state index in [-0.39, 0.29) is 0 Å². The fourth-order valence-electron chi connectivity index (χ4n) is 1.40. The monoisotopic (exact) mass is 211 g/mol. The van der Waals surface area contributed by atoms with Gasteiger partial charge in [-0.05, 0) is 18.1 Å². The van der Waals surface area contributed by atoms with Crippen LogP contribution in [0.15, 0.2) is 18.2 Å². The van der Waals surface area contributed by atoms with E-state index in [9.17, 15) is 0 Å². The third-order valence-electron chi connectivity index (χ3n) is 2.03. The summed E-state index contributed by atoms with van der Waals surface area (Å²) >= 11 is 1.59. The molecular weight excluding hydrogens is 194 g/mol. The van der Waals surface area contributed by atoms with Crippen LogP contribution < -0.4 is 9.46 Å². The van der Waals surface area contributed by atoms with Gasteiger partial charge in [-0.25, -0.2) is 0 Å². The lowest BCUT2D eigenvalue weighted by atomic mass is 10.1. The average Bonchev–Trinajstić information content (AvgIpc) is 2.21. The molecular formula is C11H17NOS. The Morgan fingerprint density at radius 2 is 2.21 bits per heavy atom. The molecule has 1 aromatic carbocycles. The number of methoxy groups -OCH3 is 1. The molecule has 1 N–H and O–H groups in total. The van der Waals surface area contributed by atoms with Crippen molar-refractivity contribution in [2.45, 2.75) is 19.8 Å². The van der Waals surface area contributed by atoms with Gasteiger partial charge in [0.2, 0.25) is 0 Å². The van der Waals surface area contributed by atoms with Crippen LogP contribution >= 0.6 is 11.9 Å². The molecule has 3 heteroatoms. The average molecular weight is 211 g/mol. The molecule has 14 heavy (non-hydrogen) atoms. The van der Waals surface area contributed by atoms with Crippen LogP contribution in [-0.2, 0) is 6.42 Å². The zero-order valence-electron chi connectivity index (χ0n) is 8.96. The summed E-state index contributed by atoms with van der Waals surface area (Å²) in [6, 6.07) is 6.26. The Morgan fingerprint density at radius 3 is 2.79 bits per heavy atom. The quantitative estimate of drug-likeness (QED) is 0.755. The molecule has 0 spiro atoms. The van der Waals surface area contributed by atoms with E-state index in [1.165, 1.54) is 5.56 Å². The number of ether oxygens (including phenoxy) is 1. The molecule has 0 aliphatic carbocycles. The molecule has 0 heterocycles. The molecule has 1 aromatic rings. The molecule has 0 saturated carbocycles. The molecule has 0 amide bonds. The van der Waals surface area contributed by atoms with Gasteiger partial charge in [0, 0.05) is 18.0 Å². The first-order chi connectivity index (χ1) is 6.81. The number of rotatable bonds is 5. The van der Waals surface area contributed by atoms with E-state index in [0.717, 1.165) is 24.3 Å². The third kappa shape index (κ3) is 2.84. The van der Waals surface area contributed by atoms with Crippen LogP contribution in [-0.4, -0.2) is 13.4 Å². The fraction of sp³-hybridized carbons (Fsp3) is 0.455. The van der Waals surface area contributed by atoms with Crippen molar-refractivity contribution in [3.8, 4) is 5.75 Å². The highest BCUT2D eigenvalue weighted by molar-refractivity contribution is 7.99. The Hall–Kier alpha value is -0.830. The predicted molar refractivity (Wildman–Crippen MR) is 64.1 cm³/mol. The number of hydrogen-bond donors (Lipinski definition) is 1. The first-order valence-electron chi connectivity index (χ1n) is 4.77. The van der Waals surface area contributed by atoms with E-state index >= 15 is 0 Å². The lowest BCUT2D eigenvalue weighted by Crippen LogP contribution is -1.93. The first-order valence-corrected chi connectivity index (χ1v) is 6.00. The smallest absolute Gasteiger partial charge is 0.124 e. The molecule has 2 nitrogen and oxygen atoms in total. The van der Waals surface area contributed by atoms with E-state index in [0.29, 0.717) is 0 Å². The van der Waals surface area contributed by atoms with Crippen LogP contribution in [0.25, 0.3) is 0 Å². The van der Waals surface area contributed by atoms with Crippen LogP contribution in [0, 0.1) is 0 Å². The summed E-state index contributed by atoms with van der Waals surface area (Å²) in [7, 11) is 1.72. The Kier molecular flexibility index (Phi) is 4.66. The summed E-state index contributed by atoms with van der Waals surface area (Å²) in [6.07, 6.45) is 4.22. The SMILES string of the molecule is CCCc1ccc(NSC)cc1OC. The van der Waals surface area contributed by atoms with Gasteiger partial charge in [0.05, 0.1) is 7.11 Å². The Labute approximate surface area is 90.2 Å². The van der Waals surface area contributed by atoms with Gasteiger partial charge >= 0.3 is 0 Å². The van der Waals surface area contributed by atoms with Gasteiger partial charge in [-0.15, -0.1) is 0 Å². The van der Waals surface area contributed by atoms with E-state index < -0.39 is 0 Å². The van der Waals surface area contributed by atoms with Crippen LogP contribution in [0.4, 0.5) is 5.69 Å². The second-order valence-corrected chi connectivity index (χ2v) is 3.70. The minimum absolute atomic E-state index is 0.978. The van der Waals surface area contributed by atoms with Gasteiger partial charge < -0.3 is 9.46 Å². The molecule has 1 rings (SSSR count). The zero-order chi connectivity index (χ0) is 10.4. The van der Waals surface area contributed by atoms with E-state index in [4.69, 9.17) is 4.74 Å². The summed E-state index contributed by atoms with van der Waals surface area (Å²) in [5, 5.41) is 0. The molecule has 0 unspecified atom stereocenters. The van der Waals surface area contributed by atoms with Crippen LogP contribution in [0.5, 0.6) is 5.75 Å². The normalized spacial score (nSPS) is 9.93. The number of hydrogen-bond acceptors (Lipinski definition) is 3. The molecule has 0 bridgehead atoms. The van der Waals surface area contributed by atoms with Gasteiger partial charge in [0.25, 0.3) is 0 Å². The second-order valence-electron chi connectivity index (χ2n) is 3.08. The second kappa shape index (κ2) is 5.81. The molecule has 0 aliphatic heterocycles. The van der Waals surface area contributed by atoms with Gasteiger partial charge in [-0.3, -0.25) is 0 Å². The Morgan fingerprint density at radius 1 is 1.43 bits per heavy atom. The van der Waals surface area contributed by atoms with Gasteiger partial charge in [-0.1, -0.05) is 31.4 Å². The van der Waals surface area contributed by atoms with Crippen molar-refractivity contribution in [1.82, 2.24) is 0 Å². The van der Waals surface area contributed by atoms with E-state index in [1.807, 2.05) is 12.3 Å². The summed E-state index contributed by atoms with van der Waals surface area (Å²) in [4.78, 5) is 0. The molecule has 0 aromatic heterocycles. The Balaban J connectivity index is 2.87. The summed E-state index contributed by atoms with van der Waals surface area (Å²) < 4.78 is 8.52. The van der Waals surface area contributed by atoms with Crippen molar-refractivity contribution in [3.63, 3.8) is 0 Å². The highest BCUT2D eigenvalue weighted by Crippen LogP contribution is 2.25. The third-order valence-corrected chi connectivity index (χ3v) is 2.47. The van der Waals surface area contributed by atoms with Crippen LogP contribution in [0.3, 0.4) is 0 Å². The fourth-order valence-corrected chi connectivity index (χ4v) is 1.76. The number of aryl methyl sites for hydroxylation is 1. The van der Waals surface area contributed by atoms with Crippen molar-refractivity contribution in [2.24, 2.45) is 0 Å². The minimum Gasteiger partial charge on any atom is -0.496 e. The topological polar surface area (TPSA) is 21.3 Å². The van der Waals surface area contributed by atoms with E-state index in [2.05, 4.69) is 23.8 Å². The highest BCUT2D eigenvalue weighted by Gasteiger charge is 2.02. The van der Waals surface area contributed by atoms with Crippen molar-refractivity contribution in [3.05, 3.63) is 23.8 Å². The Bertz CT molecular complexity index is 289. The molecule has 0 saturated heterocycles. The van der Waals surface area contributed by atoms with Gasteiger partial charge in [0.1, 0.15) is 5.75 Å². The molecule has 78 valence electrons. The molecule has 0 aliphatic rings.